The van der Waals surface area contributed by atoms with Gasteiger partial charge in [-0.25, -0.2) is 0 Å². The molecule has 0 aliphatic rings. The van der Waals surface area contributed by atoms with Gasteiger partial charge in [0.2, 0.25) is 0 Å². The minimum Gasteiger partial charge on any atom is -0.456 e. The predicted molar refractivity (Wildman–Crippen MR) is 124 cm³/mol. The van der Waals surface area contributed by atoms with Crippen LogP contribution in [0.3, 0.4) is 0 Å². The number of hydrogen-bond acceptors (Lipinski definition) is 2. The SMILES string of the molecule is c1cc2oc3cccc4c3c2c(c1)c1cccc2sc3c5ccccc5n4c3c21. The largest absolute Gasteiger partial charge is 0.456 e. The molecule has 0 amide bonds. The van der Waals surface area contributed by atoms with E-state index >= 15 is 0 Å². The van der Waals surface area contributed by atoms with Crippen molar-refractivity contribution in [3.8, 4) is 0 Å². The number of fused-ring (bicyclic) bond motifs is 5. The van der Waals surface area contributed by atoms with E-state index < -0.39 is 0 Å². The van der Waals surface area contributed by atoms with Crippen molar-refractivity contribution in [2.75, 3.05) is 0 Å². The van der Waals surface area contributed by atoms with Gasteiger partial charge >= 0.3 is 0 Å². The Morgan fingerprint density at radius 3 is 2.21 bits per heavy atom. The Bertz CT molecular complexity index is 1910. The van der Waals surface area contributed by atoms with E-state index in [1.807, 2.05) is 11.3 Å². The van der Waals surface area contributed by atoms with Crippen LogP contribution in [0.15, 0.2) is 83.3 Å². The average molecular weight is 387 g/mol. The standard InChI is InChI=1S/C26H13NOS/c1-2-9-17-16(6-1)26-25-23-15(8-4-13-21(23)29-26)14-7-3-11-19-22(14)24-18(27(17)25)10-5-12-20(24)28-19/h1-13H. The Balaban J connectivity index is 1.96. The first-order valence-electron chi connectivity index (χ1n) is 9.80. The molecule has 0 unspecified atom stereocenters. The summed E-state index contributed by atoms with van der Waals surface area (Å²) in [5, 5.41) is 7.64. The zero-order valence-corrected chi connectivity index (χ0v) is 16.1. The van der Waals surface area contributed by atoms with Crippen molar-refractivity contribution < 1.29 is 4.42 Å². The van der Waals surface area contributed by atoms with Gasteiger partial charge < -0.3 is 8.82 Å². The van der Waals surface area contributed by atoms with E-state index in [9.17, 15) is 0 Å². The van der Waals surface area contributed by atoms with Crippen molar-refractivity contribution in [3.05, 3.63) is 78.9 Å². The van der Waals surface area contributed by atoms with Gasteiger partial charge in [0, 0.05) is 20.9 Å². The molecule has 2 nitrogen and oxygen atoms in total. The molecule has 0 N–H and O–H groups in total. The van der Waals surface area contributed by atoms with Gasteiger partial charge in [0.1, 0.15) is 11.2 Å². The van der Waals surface area contributed by atoms with Crippen LogP contribution >= 0.6 is 11.3 Å². The fourth-order valence-electron chi connectivity index (χ4n) is 5.24. The van der Waals surface area contributed by atoms with Crippen LogP contribution in [0, 0.1) is 0 Å². The zero-order chi connectivity index (χ0) is 18.7. The van der Waals surface area contributed by atoms with Crippen molar-refractivity contribution in [2.24, 2.45) is 0 Å². The maximum Gasteiger partial charge on any atom is 0.137 e. The smallest absolute Gasteiger partial charge is 0.137 e. The van der Waals surface area contributed by atoms with Crippen molar-refractivity contribution in [3.63, 3.8) is 0 Å². The van der Waals surface area contributed by atoms with Crippen LogP contribution in [0.1, 0.15) is 0 Å². The van der Waals surface area contributed by atoms with Crippen molar-refractivity contribution in [1.29, 1.82) is 0 Å². The van der Waals surface area contributed by atoms with Crippen LogP contribution in [0.5, 0.6) is 0 Å². The molecule has 4 heterocycles. The molecule has 0 atom stereocenters. The molecule has 0 radical (unpaired) electrons. The molecule has 134 valence electrons. The summed E-state index contributed by atoms with van der Waals surface area (Å²) in [4.78, 5) is 0. The Morgan fingerprint density at radius 2 is 1.28 bits per heavy atom. The third-order valence-corrected chi connectivity index (χ3v) is 7.51. The van der Waals surface area contributed by atoms with Crippen molar-refractivity contribution >= 4 is 80.8 Å². The summed E-state index contributed by atoms with van der Waals surface area (Å²) in [6.45, 7) is 0. The lowest BCUT2D eigenvalue weighted by molar-refractivity contribution is 0.669. The summed E-state index contributed by atoms with van der Waals surface area (Å²) < 4.78 is 11.5. The van der Waals surface area contributed by atoms with E-state index in [1.165, 1.54) is 58.3 Å². The fraction of sp³-hybridized carbons (Fsp3) is 0. The van der Waals surface area contributed by atoms with Crippen LogP contribution < -0.4 is 0 Å². The third-order valence-electron chi connectivity index (χ3n) is 6.33. The van der Waals surface area contributed by atoms with Crippen LogP contribution in [0.2, 0.25) is 0 Å². The molecule has 4 aromatic heterocycles. The number of hydrogen-bond donors (Lipinski definition) is 0. The van der Waals surface area contributed by atoms with Crippen molar-refractivity contribution in [2.45, 2.75) is 0 Å². The Morgan fingerprint density at radius 1 is 0.586 bits per heavy atom. The van der Waals surface area contributed by atoms with Gasteiger partial charge in [-0.2, -0.15) is 0 Å². The number of rotatable bonds is 0. The van der Waals surface area contributed by atoms with Gasteiger partial charge in [-0.3, -0.25) is 0 Å². The summed E-state index contributed by atoms with van der Waals surface area (Å²) in [6, 6.07) is 28.3. The normalized spacial score (nSPS) is 12.8. The van der Waals surface area contributed by atoms with Gasteiger partial charge in [0.15, 0.2) is 0 Å². The number of nitrogens with zero attached hydrogens (tertiary/aromatic N) is 1. The second-order valence-corrected chi connectivity index (χ2v) is 8.79. The summed E-state index contributed by atoms with van der Waals surface area (Å²) >= 11 is 1.90. The first kappa shape index (κ1) is 14.4. The second kappa shape index (κ2) is 4.70. The highest BCUT2D eigenvalue weighted by atomic mass is 32.1. The van der Waals surface area contributed by atoms with Gasteiger partial charge in [0.05, 0.1) is 26.6 Å². The van der Waals surface area contributed by atoms with Crippen LogP contribution in [-0.4, -0.2) is 4.40 Å². The molecule has 8 aromatic rings. The lowest BCUT2D eigenvalue weighted by atomic mass is 10.0. The highest BCUT2D eigenvalue weighted by molar-refractivity contribution is 7.27. The summed E-state index contributed by atoms with van der Waals surface area (Å²) in [6.07, 6.45) is 0. The first-order chi connectivity index (χ1) is 14.4. The maximum absolute atomic E-state index is 6.31. The highest BCUT2D eigenvalue weighted by Gasteiger charge is 2.21. The maximum atomic E-state index is 6.31. The van der Waals surface area contributed by atoms with E-state index in [-0.39, 0.29) is 0 Å². The molecule has 0 saturated carbocycles. The molecule has 0 aliphatic heterocycles. The highest BCUT2D eigenvalue weighted by Crippen LogP contribution is 2.47. The van der Waals surface area contributed by atoms with E-state index in [2.05, 4.69) is 83.3 Å². The zero-order valence-electron chi connectivity index (χ0n) is 15.3. The number of para-hydroxylation sites is 1. The van der Waals surface area contributed by atoms with E-state index in [0.29, 0.717) is 0 Å². The quantitative estimate of drug-likeness (QED) is 0.258. The summed E-state index contributed by atoms with van der Waals surface area (Å²) in [7, 11) is 0. The molecule has 0 saturated heterocycles. The minimum atomic E-state index is 0.946. The predicted octanol–water partition coefficient (Wildman–Crippen LogP) is 7.95. The van der Waals surface area contributed by atoms with Gasteiger partial charge in [-0.05, 0) is 41.1 Å². The van der Waals surface area contributed by atoms with E-state index in [1.54, 1.807) is 0 Å². The molecule has 0 aliphatic carbocycles. The number of furan rings is 1. The molecule has 4 aromatic carbocycles. The molecule has 0 spiro atoms. The number of aromatic nitrogens is 1. The number of benzene rings is 4. The molecular weight excluding hydrogens is 374 g/mol. The summed E-state index contributed by atoms with van der Waals surface area (Å²) in [5.74, 6) is 0. The molecule has 29 heavy (non-hydrogen) atoms. The second-order valence-electron chi connectivity index (χ2n) is 7.74. The monoisotopic (exact) mass is 387 g/mol. The van der Waals surface area contributed by atoms with Crippen LogP contribution in [-0.2, 0) is 0 Å². The lowest BCUT2D eigenvalue weighted by Crippen LogP contribution is -1.88. The molecule has 3 heteroatoms. The Kier molecular flexibility index (Phi) is 2.34. The van der Waals surface area contributed by atoms with Gasteiger partial charge in [0.25, 0.3) is 0 Å². The van der Waals surface area contributed by atoms with Crippen molar-refractivity contribution in [1.82, 2.24) is 4.40 Å². The lowest BCUT2D eigenvalue weighted by Gasteiger charge is -2.07. The Labute approximate surface area is 168 Å². The molecular formula is C26H13NOS. The van der Waals surface area contributed by atoms with Gasteiger partial charge in [-0.1, -0.05) is 48.5 Å². The topological polar surface area (TPSA) is 17.6 Å². The summed E-state index contributed by atoms with van der Waals surface area (Å²) in [5.41, 5.74) is 5.68. The van der Waals surface area contributed by atoms with Crippen LogP contribution in [0.25, 0.3) is 69.4 Å². The average Bonchev–Trinajstić information content (AvgIpc) is 3.40. The third kappa shape index (κ3) is 1.54. The molecule has 8 rings (SSSR count). The molecule has 0 bridgehead atoms. The number of thiophene rings is 1. The Hall–Kier alpha value is -3.56. The van der Waals surface area contributed by atoms with Crippen LogP contribution in [0.4, 0.5) is 0 Å². The minimum absolute atomic E-state index is 0.946. The molecule has 0 fully saturated rings. The first-order valence-corrected chi connectivity index (χ1v) is 10.6. The van der Waals surface area contributed by atoms with E-state index in [4.69, 9.17) is 4.42 Å². The fourth-order valence-corrected chi connectivity index (χ4v) is 6.49. The van der Waals surface area contributed by atoms with Gasteiger partial charge in [-0.15, -0.1) is 11.3 Å². The van der Waals surface area contributed by atoms with E-state index in [0.717, 1.165) is 11.2 Å².